The van der Waals surface area contributed by atoms with Crippen LogP contribution in [0.1, 0.15) is 39.4 Å². The number of pyridine rings is 1. The first-order valence-corrected chi connectivity index (χ1v) is 9.61. The van der Waals surface area contributed by atoms with Crippen LogP contribution in [-0.4, -0.2) is 25.4 Å². The van der Waals surface area contributed by atoms with Crippen LogP contribution in [0.4, 0.5) is 13.2 Å². The molecule has 0 amide bonds. The molecule has 0 bridgehead atoms. The van der Waals surface area contributed by atoms with E-state index >= 15 is 0 Å². The van der Waals surface area contributed by atoms with Crippen LogP contribution in [0.3, 0.4) is 0 Å². The van der Waals surface area contributed by atoms with E-state index in [1.54, 1.807) is 38.4 Å². The van der Waals surface area contributed by atoms with Crippen molar-refractivity contribution in [3.05, 3.63) is 82.3 Å². The molecule has 1 aromatic carbocycles. The largest absolute Gasteiger partial charge is 0.473 e. The number of ether oxygens (including phenoxy) is 1. The lowest BCUT2D eigenvalue weighted by atomic mass is 10.0. The number of aromatic nitrogens is 4. The van der Waals surface area contributed by atoms with Crippen molar-refractivity contribution < 1.29 is 22.7 Å². The lowest BCUT2D eigenvalue weighted by Crippen LogP contribution is -2.07. The number of hydrogen-bond donors (Lipinski definition) is 1. The SMILES string of the molecule is Cc1cc(OCc2c(F)ccc(F)c2F)n2nc(C)c(C(=O)CCc3ncc[nH]3)c2c1. The summed E-state index contributed by atoms with van der Waals surface area (Å²) < 4.78 is 48.4. The molecule has 3 heterocycles. The van der Waals surface area contributed by atoms with Gasteiger partial charge in [-0.05, 0) is 37.6 Å². The molecule has 4 aromatic rings. The molecule has 1 N–H and O–H groups in total. The molecular formula is C22H19F3N4O2. The third-order valence-corrected chi connectivity index (χ3v) is 4.95. The molecule has 0 saturated carbocycles. The summed E-state index contributed by atoms with van der Waals surface area (Å²) in [6.45, 7) is 2.97. The molecule has 0 saturated heterocycles. The average molecular weight is 428 g/mol. The summed E-state index contributed by atoms with van der Waals surface area (Å²) in [6, 6.07) is 4.98. The standard InChI is InChI=1S/C22H19F3N4O2/c1-12-9-17-21(18(30)5-6-19-26-7-8-27-19)13(2)28-29(17)20(10-12)31-11-14-15(23)3-4-16(24)22(14)25/h3-4,7-10H,5-6,11H2,1-2H3,(H,26,27). The number of Topliss-reactive ketones (excluding diaryl/α,β-unsaturated/α-hetero) is 1. The van der Waals surface area contributed by atoms with Crippen molar-refractivity contribution in [3.63, 3.8) is 0 Å². The highest BCUT2D eigenvalue weighted by Gasteiger charge is 2.21. The van der Waals surface area contributed by atoms with Gasteiger partial charge >= 0.3 is 0 Å². The van der Waals surface area contributed by atoms with Gasteiger partial charge in [-0.1, -0.05) is 0 Å². The van der Waals surface area contributed by atoms with E-state index in [0.29, 0.717) is 29.0 Å². The maximum atomic E-state index is 14.0. The van der Waals surface area contributed by atoms with E-state index in [0.717, 1.165) is 17.7 Å². The Morgan fingerprint density at radius 3 is 2.68 bits per heavy atom. The molecule has 6 nitrogen and oxygen atoms in total. The lowest BCUT2D eigenvalue weighted by molar-refractivity contribution is 0.0983. The van der Waals surface area contributed by atoms with Crippen LogP contribution < -0.4 is 4.74 Å². The monoisotopic (exact) mass is 428 g/mol. The summed E-state index contributed by atoms with van der Waals surface area (Å²) in [4.78, 5) is 20.0. The quantitative estimate of drug-likeness (QED) is 0.348. The third-order valence-electron chi connectivity index (χ3n) is 4.95. The van der Waals surface area contributed by atoms with Gasteiger partial charge in [0.25, 0.3) is 0 Å². The Hall–Kier alpha value is -3.62. The number of hydrogen-bond acceptors (Lipinski definition) is 4. The van der Waals surface area contributed by atoms with Crippen molar-refractivity contribution in [1.82, 2.24) is 19.6 Å². The van der Waals surface area contributed by atoms with E-state index in [1.807, 2.05) is 0 Å². The number of imidazole rings is 1. The summed E-state index contributed by atoms with van der Waals surface area (Å²) in [6.07, 6.45) is 4.00. The van der Waals surface area contributed by atoms with Gasteiger partial charge in [0.15, 0.2) is 17.4 Å². The van der Waals surface area contributed by atoms with Gasteiger partial charge in [0, 0.05) is 31.3 Å². The summed E-state index contributed by atoms with van der Waals surface area (Å²) in [7, 11) is 0. The zero-order chi connectivity index (χ0) is 22.1. The topological polar surface area (TPSA) is 72.3 Å². The van der Waals surface area contributed by atoms with Gasteiger partial charge in [0.1, 0.15) is 18.2 Å². The second kappa shape index (κ2) is 8.25. The van der Waals surface area contributed by atoms with E-state index in [-0.39, 0.29) is 18.1 Å². The van der Waals surface area contributed by atoms with Crippen LogP contribution in [0.5, 0.6) is 5.88 Å². The number of benzene rings is 1. The molecule has 0 atom stereocenters. The summed E-state index contributed by atoms with van der Waals surface area (Å²) in [5.74, 6) is -2.58. The fraction of sp³-hybridized carbons (Fsp3) is 0.227. The molecule has 0 aliphatic carbocycles. The Labute approximate surface area is 175 Å². The Bertz CT molecular complexity index is 1270. The Kier molecular flexibility index (Phi) is 5.50. The van der Waals surface area contributed by atoms with Crippen molar-refractivity contribution >= 4 is 11.3 Å². The van der Waals surface area contributed by atoms with Gasteiger partial charge in [-0.2, -0.15) is 5.10 Å². The second-order valence-corrected chi connectivity index (χ2v) is 7.20. The van der Waals surface area contributed by atoms with Crippen LogP contribution in [0.25, 0.3) is 5.52 Å². The number of nitrogens with one attached hydrogen (secondary N) is 1. The molecule has 9 heteroatoms. The summed E-state index contributed by atoms with van der Waals surface area (Å²) in [5, 5.41) is 4.38. The Balaban J connectivity index is 1.64. The molecular weight excluding hydrogens is 409 g/mol. The Morgan fingerprint density at radius 1 is 1.16 bits per heavy atom. The number of fused-ring (bicyclic) bond motifs is 1. The fourth-order valence-electron chi connectivity index (χ4n) is 3.45. The number of aromatic amines is 1. The van der Waals surface area contributed by atoms with Gasteiger partial charge < -0.3 is 9.72 Å². The minimum absolute atomic E-state index is 0.109. The van der Waals surface area contributed by atoms with E-state index in [4.69, 9.17) is 4.74 Å². The van der Waals surface area contributed by atoms with Crippen LogP contribution >= 0.6 is 0 Å². The number of rotatable bonds is 7. The molecule has 0 fully saturated rings. The molecule has 160 valence electrons. The van der Waals surface area contributed by atoms with Gasteiger partial charge in [-0.3, -0.25) is 4.79 Å². The minimum atomic E-state index is -1.30. The number of carbonyl (C=O) groups excluding carboxylic acids is 1. The number of nitrogens with zero attached hydrogens (tertiary/aromatic N) is 3. The van der Waals surface area contributed by atoms with E-state index < -0.39 is 29.6 Å². The molecule has 0 aliphatic rings. The third kappa shape index (κ3) is 4.03. The van der Waals surface area contributed by atoms with Crippen LogP contribution in [0, 0.1) is 31.3 Å². The number of H-pyrrole nitrogens is 1. The van der Waals surface area contributed by atoms with E-state index in [9.17, 15) is 18.0 Å². The predicted octanol–water partition coefficient (Wildman–Crippen LogP) is 4.49. The summed E-state index contributed by atoms with van der Waals surface area (Å²) in [5.41, 5.74) is 1.72. The van der Waals surface area contributed by atoms with Crippen molar-refractivity contribution in [2.24, 2.45) is 0 Å². The van der Waals surface area contributed by atoms with Crippen molar-refractivity contribution in [2.75, 3.05) is 0 Å². The lowest BCUT2D eigenvalue weighted by Gasteiger charge is -2.11. The molecule has 0 unspecified atom stereocenters. The van der Waals surface area contributed by atoms with Gasteiger partial charge in [-0.15, -0.1) is 0 Å². The van der Waals surface area contributed by atoms with E-state index in [1.165, 1.54) is 4.52 Å². The fourth-order valence-corrected chi connectivity index (χ4v) is 3.45. The number of aryl methyl sites for hydroxylation is 3. The highest BCUT2D eigenvalue weighted by Crippen LogP contribution is 2.26. The molecule has 3 aromatic heterocycles. The summed E-state index contributed by atoms with van der Waals surface area (Å²) >= 11 is 0. The minimum Gasteiger partial charge on any atom is -0.473 e. The molecule has 0 spiro atoms. The van der Waals surface area contributed by atoms with Crippen molar-refractivity contribution in [2.45, 2.75) is 33.3 Å². The first-order valence-electron chi connectivity index (χ1n) is 9.61. The highest BCUT2D eigenvalue weighted by molar-refractivity contribution is 6.03. The van der Waals surface area contributed by atoms with Crippen LogP contribution in [0.15, 0.2) is 36.7 Å². The maximum Gasteiger partial charge on any atom is 0.215 e. The highest BCUT2D eigenvalue weighted by atomic mass is 19.2. The van der Waals surface area contributed by atoms with Crippen LogP contribution in [-0.2, 0) is 13.0 Å². The first-order chi connectivity index (χ1) is 14.8. The van der Waals surface area contributed by atoms with Gasteiger partial charge in [0.05, 0.1) is 22.3 Å². The zero-order valence-electron chi connectivity index (χ0n) is 16.9. The number of halogens is 3. The smallest absolute Gasteiger partial charge is 0.215 e. The van der Waals surface area contributed by atoms with Crippen molar-refractivity contribution in [3.8, 4) is 5.88 Å². The average Bonchev–Trinajstić information content (AvgIpc) is 3.36. The van der Waals surface area contributed by atoms with Crippen molar-refractivity contribution in [1.29, 1.82) is 0 Å². The molecule has 4 rings (SSSR count). The van der Waals surface area contributed by atoms with E-state index in [2.05, 4.69) is 15.1 Å². The van der Waals surface area contributed by atoms with Gasteiger partial charge in [0.2, 0.25) is 5.88 Å². The zero-order valence-corrected chi connectivity index (χ0v) is 16.9. The normalized spacial score (nSPS) is 11.3. The predicted molar refractivity (Wildman–Crippen MR) is 107 cm³/mol. The Morgan fingerprint density at radius 2 is 1.94 bits per heavy atom. The first kappa shape index (κ1) is 20.6. The van der Waals surface area contributed by atoms with Gasteiger partial charge in [-0.25, -0.2) is 22.7 Å². The molecule has 31 heavy (non-hydrogen) atoms. The van der Waals surface area contributed by atoms with Crippen LogP contribution in [0.2, 0.25) is 0 Å². The number of carbonyl (C=O) groups is 1. The second-order valence-electron chi connectivity index (χ2n) is 7.20. The number of ketones is 1. The molecule has 0 radical (unpaired) electrons. The maximum absolute atomic E-state index is 14.0. The molecule has 0 aliphatic heterocycles.